The molecule has 2 heterocycles. The van der Waals surface area contributed by atoms with Crippen molar-refractivity contribution in [2.45, 2.75) is 69.6 Å². The molecule has 2 unspecified atom stereocenters. The third-order valence-electron chi connectivity index (χ3n) is 5.59. The van der Waals surface area contributed by atoms with Crippen LogP contribution in [0.4, 0.5) is 0 Å². The van der Waals surface area contributed by atoms with E-state index in [1.807, 2.05) is 20.8 Å². The van der Waals surface area contributed by atoms with Gasteiger partial charge in [-0.1, -0.05) is 20.8 Å². The van der Waals surface area contributed by atoms with Crippen LogP contribution >= 0.6 is 0 Å². The summed E-state index contributed by atoms with van der Waals surface area (Å²) in [6.07, 6.45) is 2.22. The lowest BCUT2D eigenvalue weighted by atomic mass is 9.79. The number of fused-ring (bicyclic) bond motifs is 1. The Kier molecular flexibility index (Phi) is 4.49. The molecule has 1 aliphatic carbocycles. The number of carbonyl (C=O) groups excluding carboxylic acids is 1. The highest BCUT2D eigenvalue weighted by molar-refractivity contribution is 5.93. The van der Waals surface area contributed by atoms with E-state index in [0.29, 0.717) is 25.1 Å². The number of aromatic nitrogens is 2. The Bertz CT molecular complexity index is 724. The molecule has 0 bridgehead atoms. The smallest absolute Gasteiger partial charge is 0.345 e. The molecule has 7 heteroatoms. The van der Waals surface area contributed by atoms with Gasteiger partial charge < -0.3 is 19.7 Å². The molecule has 2 N–H and O–H groups in total. The van der Waals surface area contributed by atoms with Gasteiger partial charge in [0.15, 0.2) is 0 Å². The summed E-state index contributed by atoms with van der Waals surface area (Å²) in [5.74, 6) is -0.269. The van der Waals surface area contributed by atoms with Gasteiger partial charge in [0.2, 0.25) is 0 Å². The number of ether oxygens (including phenoxy) is 1. The van der Waals surface area contributed by atoms with E-state index in [2.05, 4.69) is 9.97 Å². The summed E-state index contributed by atoms with van der Waals surface area (Å²) < 4.78 is 5.78. The molecular formula is C18H27N3O4. The van der Waals surface area contributed by atoms with Crippen LogP contribution in [0.2, 0.25) is 0 Å². The molecule has 0 radical (unpaired) electrons. The summed E-state index contributed by atoms with van der Waals surface area (Å²) in [6, 6.07) is 1.48. The minimum Gasteiger partial charge on any atom is -0.393 e. The molecule has 3 atom stereocenters. The SMILES string of the molecule is CO[C@@]12CCC(O)CC1N(C(=O)c1cc(C(C)(C)C)[nH]c(=O)n1)CC2. The number of aliphatic hydroxyl groups excluding tert-OH is 1. The molecule has 7 nitrogen and oxygen atoms in total. The maximum Gasteiger partial charge on any atom is 0.345 e. The lowest BCUT2D eigenvalue weighted by Gasteiger charge is -2.42. The Morgan fingerprint density at radius 2 is 2.16 bits per heavy atom. The fourth-order valence-electron chi connectivity index (χ4n) is 4.04. The van der Waals surface area contributed by atoms with Gasteiger partial charge in [0.25, 0.3) is 5.91 Å². The topological polar surface area (TPSA) is 95.5 Å². The van der Waals surface area contributed by atoms with Gasteiger partial charge in [-0.3, -0.25) is 4.79 Å². The lowest BCUT2D eigenvalue weighted by Crippen LogP contribution is -2.53. The average Bonchev–Trinajstić information content (AvgIpc) is 2.92. The number of aliphatic hydroxyl groups is 1. The number of nitrogens with one attached hydrogen (secondary N) is 1. The van der Waals surface area contributed by atoms with Crippen LogP contribution in [0.1, 0.15) is 62.6 Å². The van der Waals surface area contributed by atoms with Crippen molar-refractivity contribution in [3.8, 4) is 0 Å². The number of hydrogen-bond donors (Lipinski definition) is 2. The molecule has 0 spiro atoms. The van der Waals surface area contributed by atoms with E-state index < -0.39 is 17.4 Å². The molecule has 1 aliphatic heterocycles. The zero-order chi connectivity index (χ0) is 18.4. The predicted molar refractivity (Wildman–Crippen MR) is 92.6 cm³/mol. The van der Waals surface area contributed by atoms with E-state index in [0.717, 1.165) is 12.8 Å². The Labute approximate surface area is 147 Å². The molecule has 1 aromatic rings. The second-order valence-electron chi connectivity index (χ2n) is 8.20. The number of methoxy groups -OCH3 is 1. The van der Waals surface area contributed by atoms with E-state index in [4.69, 9.17) is 4.74 Å². The van der Waals surface area contributed by atoms with Crippen LogP contribution in [0.3, 0.4) is 0 Å². The first-order chi connectivity index (χ1) is 11.7. The molecule has 138 valence electrons. The maximum absolute atomic E-state index is 13.1. The number of hydrogen-bond acceptors (Lipinski definition) is 5. The monoisotopic (exact) mass is 349 g/mol. The van der Waals surface area contributed by atoms with Crippen LogP contribution in [-0.4, -0.2) is 57.3 Å². The zero-order valence-corrected chi connectivity index (χ0v) is 15.3. The molecule has 1 saturated heterocycles. The Hall–Kier alpha value is -1.73. The summed E-state index contributed by atoms with van der Waals surface area (Å²) in [5, 5.41) is 10.1. The molecular weight excluding hydrogens is 322 g/mol. The second-order valence-corrected chi connectivity index (χ2v) is 8.20. The first-order valence-electron chi connectivity index (χ1n) is 8.82. The van der Waals surface area contributed by atoms with Crippen molar-refractivity contribution in [1.29, 1.82) is 0 Å². The average molecular weight is 349 g/mol. The molecule has 2 aliphatic rings. The van der Waals surface area contributed by atoms with Gasteiger partial charge in [-0.15, -0.1) is 0 Å². The van der Waals surface area contributed by atoms with Crippen molar-refractivity contribution in [2.24, 2.45) is 0 Å². The molecule has 1 saturated carbocycles. The standard InChI is InChI=1S/C18H27N3O4/c1-17(2,3)13-10-12(19-16(24)20-13)15(23)21-8-7-18(25-4)6-5-11(22)9-14(18)21/h10-11,14,22H,5-9H2,1-4H3,(H,19,20,24)/t11?,14?,18-/m1/s1. The number of amides is 1. The van der Waals surface area contributed by atoms with Crippen LogP contribution in [0.5, 0.6) is 0 Å². The van der Waals surface area contributed by atoms with Gasteiger partial charge in [-0.05, 0) is 31.7 Å². The fraction of sp³-hybridized carbons (Fsp3) is 0.722. The van der Waals surface area contributed by atoms with E-state index in [9.17, 15) is 14.7 Å². The maximum atomic E-state index is 13.1. The number of H-pyrrole nitrogens is 1. The van der Waals surface area contributed by atoms with E-state index in [-0.39, 0.29) is 23.1 Å². The summed E-state index contributed by atoms with van der Waals surface area (Å²) in [5.41, 5.74) is -0.378. The van der Waals surface area contributed by atoms with Gasteiger partial charge in [-0.25, -0.2) is 4.79 Å². The quantitative estimate of drug-likeness (QED) is 0.837. The van der Waals surface area contributed by atoms with Gasteiger partial charge in [0.1, 0.15) is 5.69 Å². The molecule has 1 aromatic heterocycles. The van der Waals surface area contributed by atoms with E-state index >= 15 is 0 Å². The summed E-state index contributed by atoms with van der Waals surface area (Å²) >= 11 is 0. The third kappa shape index (κ3) is 3.22. The third-order valence-corrected chi connectivity index (χ3v) is 5.59. The van der Waals surface area contributed by atoms with Gasteiger partial charge in [0, 0.05) is 24.8 Å². The van der Waals surface area contributed by atoms with Crippen molar-refractivity contribution in [2.75, 3.05) is 13.7 Å². The van der Waals surface area contributed by atoms with Gasteiger partial charge in [-0.2, -0.15) is 4.98 Å². The fourth-order valence-corrected chi connectivity index (χ4v) is 4.04. The van der Waals surface area contributed by atoms with Crippen LogP contribution in [0.25, 0.3) is 0 Å². The van der Waals surface area contributed by atoms with E-state index in [1.54, 1.807) is 18.1 Å². The molecule has 0 aromatic carbocycles. The van der Waals surface area contributed by atoms with Crippen molar-refractivity contribution < 1.29 is 14.6 Å². The summed E-state index contributed by atoms with van der Waals surface area (Å²) in [4.78, 5) is 33.3. The molecule has 3 rings (SSSR count). The van der Waals surface area contributed by atoms with Crippen LogP contribution in [0, 0.1) is 0 Å². The van der Waals surface area contributed by atoms with Crippen LogP contribution in [-0.2, 0) is 10.2 Å². The van der Waals surface area contributed by atoms with Crippen molar-refractivity contribution in [3.63, 3.8) is 0 Å². The zero-order valence-electron chi connectivity index (χ0n) is 15.3. The van der Waals surface area contributed by atoms with Crippen molar-refractivity contribution in [1.82, 2.24) is 14.9 Å². The normalized spacial score (nSPS) is 29.6. The predicted octanol–water partition coefficient (Wildman–Crippen LogP) is 1.21. The van der Waals surface area contributed by atoms with E-state index in [1.165, 1.54) is 0 Å². The minimum atomic E-state index is -0.517. The first-order valence-corrected chi connectivity index (χ1v) is 8.82. The lowest BCUT2D eigenvalue weighted by molar-refractivity contribution is -0.0824. The van der Waals surface area contributed by atoms with Crippen LogP contribution < -0.4 is 5.69 Å². The summed E-state index contributed by atoms with van der Waals surface area (Å²) in [7, 11) is 1.67. The van der Waals surface area contributed by atoms with Crippen molar-refractivity contribution in [3.05, 3.63) is 27.9 Å². The number of rotatable bonds is 2. The summed E-state index contributed by atoms with van der Waals surface area (Å²) in [6.45, 7) is 6.45. The Balaban J connectivity index is 1.94. The van der Waals surface area contributed by atoms with Gasteiger partial charge in [0.05, 0.1) is 17.7 Å². The highest BCUT2D eigenvalue weighted by Crippen LogP contribution is 2.42. The van der Waals surface area contributed by atoms with Crippen LogP contribution in [0.15, 0.2) is 10.9 Å². The van der Waals surface area contributed by atoms with Crippen molar-refractivity contribution >= 4 is 5.91 Å². The number of aromatic amines is 1. The second kappa shape index (κ2) is 6.21. The Morgan fingerprint density at radius 3 is 2.80 bits per heavy atom. The first kappa shape index (κ1) is 18.1. The van der Waals surface area contributed by atoms with Gasteiger partial charge >= 0.3 is 5.69 Å². The molecule has 25 heavy (non-hydrogen) atoms. The molecule has 2 fully saturated rings. The Morgan fingerprint density at radius 1 is 1.44 bits per heavy atom. The number of likely N-dealkylation sites (tertiary alicyclic amines) is 1. The number of nitrogens with zero attached hydrogens (tertiary/aromatic N) is 2. The number of carbonyl (C=O) groups is 1. The highest BCUT2D eigenvalue weighted by atomic mass is 16.5. The minimum absolute atomic E-state index is 0.153. The highest BCUT2D eigenvalue weighted by Gasteiger charge is 2.52. The largest absolute Gasteiger partial charge is 0.393 e. The molecule has 1 amide bonds.